The molecule has 1 aromatic rings. The molecular weight excluding hydrogens is 284 g/mol. The van der Waals surface area contributed by atoms with Gasteiger partial charge in [-0.15, -0.1) is 0 Å². The Kier molecular flexibility index (Phi) is 4.73. The average Bonchev–Trinajstić information content (AvgIpc) is 2.29. The van der Waals surface area contributed by atoms with Crippen LogP contribution in [-0.2, 0) is 4.79 Å². The lowest BCUT2D eigenvalue weighted by Crippen LogP contribution is -2.12. The van der Waals surface area contributed by atoms with Crippen LogP contribution in [0.1, 0.15) is 12.5 Å². The van der Waals surface area contributed by atoms with Crippen molar-refractivity contribution >= 4 is 27.9 Å². The van der Waals surface area contributed by atoms with Crippen LogP contribution in [0.15, 0.2) is 28.2 Å². The zero-order chi connectivity index (χ0) is 12.8. The molecular formula is C12H11BrN2O2. The standard InChI is InChI=1S/C12H11BrN2O2/c1-2-17-11-4-3-8(6-10(11)13)5-9(7-14)12(15)16/h3-6H,2H2,1H3,(H2,15,16)/b9-5+. The molecule has 1 rings (SSSR count). The highest BCUT2D eigenvalue weighted by molar-refractivity contribution is 9.10. The fourth-order valence-corrected chi connectivity index (χ4v) is 1.72. The van der Waals surface area contributed by atoms with Crippen molar-refractivity contribution in [3.8, 4) is 11.8 Å². The number of hydrogen-bond donors (Lipinski definition) is 1. The van der Waals surface area contributed by atoms with Crippen LogP contribution in [0, 0.1) is 11.3 Å². The van der Waals surface area contributed by atoms with E-state index in [0.717, 1.165) is 4.47 Å². The molecule has 0 fully saturated rings. The molecule has 0 aromatic heterocycles. The molecule has 0 saturated heterocycles. The lowest BCUT2D eigenvalue weighted by atomic mass is 10.1. The molecule has 0 saturated carbocycles. The maximum absolute atomic E-state index is 10.9. The number of ether oxygens (including phenoxy) is 1. The second-order valence-electron chi connectivity index (χ2n) is 3.16. The quantitative estimate of drug-likeness (QED) is 0.683. The van der Waals surface area contributed by atoms with Gasteiger partial charge in [0.15, 0.2) is 0 Å². The van der Waals surface area contributed by atoms with Crippen LogP contribution < -0.4 is 10.5 Å². The number of carbonyl (C=O) groups is 1. The van der Waals surface area contributed by atoms with E-state index in [-0.39, 0.29) is 5.57 Å². The van der Waals surface area contributed by atoms with Crippen LogP contribution >= 0.6 is 15.9 Å². The Morgan fingerprint density at radius 3 is 2.82 bits per heavy atom. The Balaban J connectivity index is 3.06. The van der Waals surface area contributed by atoms with Gasteiger partial charge in [0.2, 0.25) is 0 Å². The molecule has 0 unspecified atom stereocenters. The summed E-state index contributed by atoms with van der Waals surface area (Å²) >= 11 is 3.34. The number of benzene rings is 1. The van der Waals surface area contributed by atoms with Crippen molar-refractivity contribution < 1.29 is 9.53 Å². The summed E-state index contributed by atoms with van der Waals surface area (Å²) in [5, 5.41) is 8.71. The minimum absolute atomic E-state index is 0.0824. The third-order valence-electron chi connectivity index (χ3n) is 1.95. The first kappa shape index (κ1) is 13.3. The van der Waals surface area contributed by atoms with Gasteiger partial charge in [0.05, 0.1) is 11.1 Å². The molecule has 1 aromatic carbocycles. The first-order chi connectivity index (χ1) is 8.08. The fraction of sp³-hybridized carbons (Fsp3) is 0.167. The summed E-state index contributed by atoms with van der Waals surface area (Å²) < 4.78 is 6.11. The molecule has 0 bridgehead atoms. The van der Waals surface area contributed by atoms with Gasteiger partial charge in [-0.05, 0) is 46.6 Å². The van der Waals surface area contributed by atoms with Crippen molar-refractivity contribution in [1.82, 2.24) is 0 Å². The maximum atomic E-state index is 10.9. The van der Waals surface area contributed by atoms with E-state index in [1.54, 1.807) is 24.3 Å². The van der Waals surface area contributed by atoms with Gasteiger partial charge in [0.25, 0.3) is 5.91 Å². The zero-order valence-corrected chi connectivity index (χ0v) is 10.8. The molecule has 17 heavy (non-hydrogen) atoms. The predicted octanol–water partition coefficient (Wildman–Crippen LogP) is 2.24. The van der Waals surface area contributed by atoms with Crippen molar-refractivity contribution in [2.45, 2.75) is 6.92 Å². The molecule has 0 atom stereocenters. The monoisotopic (exact) mass is 294 g/mol. The normalized spacial score (nSPS) is 10.8. The summed E-state index contributed by atoms with van der Waals surface area (Å²) in [6.07, 6.45) is 1.43. The molecule has 88 valence electrons. The Morgan fingerprint density at radius 2 is 2.35 bits per heavy atom. The molecule has 0 heterocycles. The van der Waals surface area contributed by atoms with Crippen molar-refractivity contribution in [2.75, 3.05) is 6.61 Å². The highest BCUT2D eigenvalue weighted by Gasteiger charge is 2.05. The van der Waals surface area contributed by atoms with Crippen LogP contribution in [0.2, 0.25) is 0 Å². The van der Waals surface area contributed by atoms with E-state index < -0.39 is 5.91 Å². The Labute approximate surface area is 108 Å². The molecule has 2 N–H and O–H groups in total. The van der Waals surface area contributed by atoms with Crippen LogP contribution in [0.3, 0.4) is 0 Å². The van der Waals surface area contributed by atoms with Gasteiger partial charge >= 0.3 is 0 Å². The van der Waals surface area contributed by atoms with E-state index in [4.69, 9.17) is 15.7 Å². The summed E-state index contributed by atoms with van der Waals surface area (Å²) in [6, 6.07) is 7.01. The van der Waals surface area contributed by atoms with Gasteiger partial charge in [0.1, 0.15) is 17.4 Å². The lowest BCUT2D eigenvalue weighted by molar-refractivity contribution is -0.114. The van der Waals surface area contributed by atoms with Gasteiger partial charge in [0, 0.05) is 0 Å². The second kappa shape index (κ2) is 6.06. The van der Waals surface area contributed by atoms with Gasteiger partial charge < -0.3 is 10.5 Å². The van der Waals surface area contributed by atoms with Gasteiger partial charge in [-0.2, -0.15) is 5.26 Å². The maximum Gasteiger partial charge on any atom is 0.259 e. The Hall–Kier alpha value is -1.80. The van der Waals surface area contributed by atoms with E-state index in [1.165, 1.54) is 6.08 Å². The van der Waals surface area contributed by atoms with E-state index in [1.807, 2.05) is 6.92 Å². The summed E-state index contributed by atoms with van der Waals surface area (Å²) in [6.45, 7) is 2.46. The third-order valence-corrected chi connectivity index (χ3v) is 2.57. The topological polar surface area (TPSA) is 76.1 Å². The average molecular weight is 295 g/mol. The Morgan fingerprint density at radius 1 is 1.65 bits per heavy atom. The summed E-state index contributed by atoms with van der Waals surface area (Å²) in [4.78, 5) is 10.9. The molecule has 0 radical (unpaired) electrons. The molecule has 4 nitrogen and oxygen atoms in total. The van der Waals surface area contributed by atoms with Gasteiger partial charge in [-0.25, -0.2) is 0 Å². The van der Waals surface area contributed by atoms with Gasteiger partial charge in [-0.3, -0.25) is 4.79 Å². The lowest BCUT2D eigenvalue weighted by Gasteiger charge is -2.06. The number of carbonyl (C=O) groups excluding carboxylic acids is 1. The molecule has 0 aliphatic heterocycles. The number of rotatable bonds is 4. The SMILES string of the molecule is CCOc1ccc(/C=C(\C#N)C(N)=O)cc1Br. The van der Waals surface area contributed by atoms with Crippen molar-refractivity contribution in [3.05, 3.63) is 33.8 Å². The van der Waals surface area contributed by atoms with Gasteiger partial charge in [-0.1, -0.05) is 6.07 Å². The number of amides is 1. The van der Waals surface area contributed by atoms with Crippen molar-refractivity contribution in [2.24, 2.45) is 5.73 Å². The van der Waals surface area contributed by atoms with Crippen LogP contribution in [0.25, 0.3) is 6.08 Å². The van der Waals surface area contributed by atoms with E-state index in [0.29, 0.717) is 17.9 Å². The number of nitriles is 1. The highest BCUT2D eigenvalue weighted by atomic mass is 79.9. The summed E-state index contributed by atoms with van der Waals surface area (Å²) in [7, 11) is 0. The Bertz CT molecular complexity index is 504. The smallest absolute Gasteiger partial charge is 0.259 e. The molecule has 5 heteroatoms. The van der Waals surface area contributed by atoms with Crippen LogP contribution in [-0.4, -0.2) is 12.5 Å². The fourth-order valence-electron chi connectivity index (χ4n) is 1.20. The predicted molar refractivity (Wildman–Crippen MR) is 68.1 cm³/mol. The largest absolute Gasteiger partial charge is 0.493 e. The molecule has 0 aliphatic carbocycles. The van der Waals surface area contributed by atoms with Crippen molar-refractivity contribution in [1.29, 1.82) is 5.26 Å². The second-order valence-corrected chi connectivity index (χ2v) is 4.01. The molecule has 1 amide bonds. The van der Waals surface area contributed by atoms with Crippen molar-refractivity contribution in [3.63, 3.8) is 0 Å². The van der Waals surface area contributed by atoms with E-state index >= 15 is 0 Å². The minimum Gasteiger partial charge on any atom is -0.493 e. The number of nitrogens with two attached hydrogens (primary N) is 1. The minimum atomic E-state index is -0.738. The number of nitrogens with zero attached hydrogens (tertiary/aromatic N) is 1. The van der Waals surface area contributed by atoms with Crippen LogP contribution in [0.4, 0.5) is 0 Å². The van der Waals surface area contributed by atoms with E-state index in [9.17, 15) is 4.79 Å². The van der Waals surface area contributed by atoms with E-state index in [2.05, 4.69) is 15.9 Å². The summed E-state index contributed by atoms with van der Waals surface area (Å²) in [5.41, 5.74) is 5.67. The van der Waals surface area contributed by atoms with Crippen LogP contribution in [0.5, 0.6) is 5.75 Å². The molecule has 0 spiro atoms. The first-order valence-corrected chi connectivity index (χ1v) is 5.71. The molecule has 0 aliphatic rings. The summed E-state index contributed by atoms with van der Waals surface area (Å²) in [5.74, 6) is -0.0280. The number of primary amides is 1. The highest BCUT2D eigenvalue weighted by Crippen LogP contribution is 2.26. The zero-order valence-electron chi connectivity index (χ0n) is 9.24. The first-order valence-electron chi connectivity index (χ1n) is 4.92. The number of hydrogen-bond acceptors (Lipinski definition) is 3. The third kappa shape index (κ3) is 3.61. The number of halogens is 1.